The molecule has 1 N–H and O–H groups in total. The van der Waals surface area contributed by atoms with Crippen LogP contribution >= 0.6 is 0 Å². The molecule has 3 aromatic carbocycles. The van der Waals surface area contributed by atoms with Gasteiger partial charge in [-0.3, -0.25) is 9.10 Å². The molecule has 0 bridgehead atoms. The highest BCUT2D eigenvalue weighted by Gasteiger charge is 2.27. The Balaban J connectivity index is 1.57. The van der Waals surface area contributed by atoms with Crippen LogP contribution in [-0.4, -0.2) is 38.8 Å². The predicted octanol–water partition coefficient (Wildman–Crippen LogP) is 5.07. The lowest BCUT2D eigenvalue weighted by molar-refractivity contribution is -0.119. The average Bonchev–Trinajstić information content (AvgIpc) is 3.20. The van der Waals surface area contributed by atoms with E-state index >= 15 is 0 Å². The summed E-state index contributed by atoms with van der Waals surface area (Å²) in [7, 11) is -2.49. The maximum absolute atomic E-state index is 13.5. The highest BCUT2D eigenvalue weighted by molar-refractivity contribution is 7.92. The Morgan fingerprint density at radius 1 is 0.949 bits per heavy atom. The van der Waals surface area contributed by atoms with Crippen LogP contribution in [0.3, 0.4) is 0 Å². The highest BCUT2D eigenvalue weighted by atomic mass is 32.2. The first-order valence-electron chi connectivity index (χ1n) is 12.4. The number of anilines is 1. The molecule has 1 aromatic heterocycles. The molecule has 0 atom stereocenters. The quantitative estimate of drug-likeness (QED) is 0.235. The summed E-state index contributed by atoms with van der Waals surface area (Å²) in [5, 5.41) is 4.14. The number of sulfonamides is 1. The summed E-state index contributed by atoms with van der Waals surface area (Å²) in [5.41, 5.74) is 9.12. The Hall–Kier alpha value is -4.37. The van der Waals surface area contributed by atoms with Gasteiger partial charge in [0.25, 0.3) is 15.9 Å². The maximum Gasteiger partial charge on any atom is 0.264 e. The van der Waals surface area contributed by atoms with Crippen molar-refractivity contribution in [2.24, 2.45) is 5.10 Å². The fraction of sp³-hybridized carbons (Fsp3) is 0.200. The lowest BCUT2D eigenvalue weighted by Gasteiger charge is -2.23. The number of carbonyl (C=O) groups is 1. The van der Waals surface area contributed by atoms with Gasteiger partial charge < -0.3 is 9.30 Å². The van der Waals surface area contributed by atoms with Gasteiger partial charge in [-0.25, -0.2) is 13.8 Å². The number of ether oxygens (including phenoxy) is 1. The SMILES string of the molecule is COc1ccc(N(CC(=O)N/N=C/c2cc(C)n(-c3c(C)cccc3C)c2C)S(=O)(=O)c2ccccc2)cc1. The summed E-state index contributed by atoms with van der Waals surface area (Å²) in [5.74, 6) is -0.00604. The molecular formula is C30H32N4O4S. The number of carbonyl (C=O) groups excluding carboxylic acids is 1. The second-order valence-corrected chi connectivity index (χ2v) is 11.1. The van der Waals surface area contributed by atoms with E-state index in [4.69, 9.17) is 4.74 Å². The van der Waals surface area contributed by atoms with E-state index in [1.54, 1.807) is 48.7 Å². The van der Waals surface area contributed by atoms with Gasteiger partial charge in [-0.1, -0.05) is 36.4 Å². The number of methoxy groups -OCH3 is 1. The molecule has 4 aromatic rings. The van der Waals surface area contributed by atoms with Gasteiger partial charge in [-0.2, -0.15) is 5.10 Å². The first-order valence-corrected chi connectivity index (χ1v) is 13.9. The first-order chi connectivity index (χ1) is 18.6. The van der Waals surface area contributed by atoms with Crippen molar-refractivity contribution in [1.29, 1.82) is 0 Å². The Bertz CT molecular complexity index is 1590. The number of nitrogens with zero attached hydrogens (tertiary/aromatic N) is 3. The van der Waals surface area contributed by atoms with Gasteiger partial charge in [0.05, 0.1) is 29.6 Å². The van der Waals surface area contributed by atoms with Crippen LogP contribution in [0.25, 0.3) is 5.69 Å². The molecule has 8 nitrogen and oxygen atoms in total. The average molecular weight is 545 g/mol. The third-order valence-electron chi connectivity index (χ3n) is 6.51. The molecule has 1 amide bonds. The van der Waals surface area contributed by atoms with Crippen molar-refractivity contribution in [1.82, 2.24) is 9.99 Å². The Labute approximate surface area is 229 Å². The zero-order valence-electron chi connectivity index (χ0n) is 22.7. The van der Waals surface area contributed by atoms with Crippen LogP contribution in [0.4, 0.5) is 5.69 Å². The standard InChI is InChI=1S/C30H32N4O4S/c1-21-10-9-11-22(2)30(21)34-23(3)18-25(24(34)4)19-31-32-29(35)20-33(26-14-16-27(38-5)17-15-26)39(36,37)28-12-7-6-8-13-28/h6-19H,20H2,1-5H3,(H,32,35)/b31-19+. The molecule has 0 saturated carbocycles. The van der Waals surface area contributed by atoms with E-state index in [2.05, 4.69) is 41.1 Å². The van der Waals surface area contributed by atoms with Gasteiger partial charge in [0.1, 0.15) is 12.3 Å². The van der Waals surface area contributed by atoms with E-state index < -0.39 is 22.5 Å². The van der Waals surface area contributed by atoms with Crippen molar-refractivity contribution in [3.05, 3.63) is 107 Å². The Morgan fingerprint density at radius 2 is 1.59 bits per heavy atom. The van der Waals surface area contributed by atoms with E-state index in [9.17, 15) is 13.2 Å². The van der Waals surface area contributed by atoms with Crippen LogP contribution in [0.5, 0.6) is 5.75 Å². The fourth-order valence-corrected chi connectivity index (χ4v) is 5.99. The Morgan fingerprint density at radius 3 is 2.21 bits per heavy atom. The van der Waals surface area contributed by atoms with Gasteiger partial charge in [0, 0.05) is 17.0 Å². The third kappa shape index (κ3) is 5.88. The van der Waals surface area contributed by atoms with Gasteiger partial charge in [-0.15, -0.1) is 0 Å². The molecule has 1 heterocycles. The molecule has 0 aliphatic carbocycles. The normalized spacial score (nSPS) is 11.5. The minimum atomic E-state index is -4.02. The molecular weight excluding hydrogens is 512 g/mol. The summed E-state index contributed by atoms with van der Waals surface area (Å²) >= 11 is 0. The van der Waals surface area contributed by atoms with E-state index in [-0.39, 0.29) is 4.90 Å². The number of hydrogen-bond donors (Lipinski definition) is 1. The summed E-state index contributed by atoms with van der Waals surface area (Å²) in [6.07, 6.45) is 1.58. The first kappa shape index (κ1) is 27.7. The molecule has 0 aliphatic heterocycles. The summed E-state index contributed by atoms with van der Waals surface area (Å²) in [6.45, 7) is 7.72. The monoisotopic (exact) mass is 544 g/mol. The van der Waals surface area contributed by atoms with Crippen molar-refractivity contribution < 1.29 is 17.9 Å². The third-order valence-corrected chi connectivity index (χ3v) is 8.29. The lowest BCUT2D eigenvalue weighted by atomic mass is 10.1. The molecule has 0 aliphatic rings. The van der Waals surface area contributed by atoms with E-state index in [1.807, 2.05) is 26.0 Å². The molecule has 202 valence electrons. The molecule has 9 heteroatoms. The van der Waals surface area contributed by atoms with E-state index in [0.717, 1.165) is 38.1 Å². The van der Waals surface area contributed by atoms with Gasteiger partial charge in [0.2, 0.25) is 0 Å². The molecule has 39 heavy (non-hydrogen) atoms. The van der Waals surface area contributed by atoms with Gasteiger partial charge >= 0.3 is 0 Å². The smallest absolute Gasteiger partial charge is 0.264 e. The minimum Gasteiger partial charge on any atom is -0.497 e. The minimum absolute atomic E-state index is 0.0797. The van der Waals surface area contributed by atoms with Crippen LogP contribution in [0.1, 0.15) is 28.1 Å². The summed E-state index contributed by atoms with van der Waals surface area (Å²) in [4.78, 5) is 13.0. The van der Waals surface area contributed by atoms with E-state index in [0.29, 0.717) is 11.4 Å². The zero-order chi connectivity index (χ0) is 28.2. The van der Waals surface area contributed by atoms with Crippen LogP contribution in [0, 0.1) is 27.7 Å². The number of aryl methyl sites for hydroxylation is 3. The fourth-order valence-electron chi connectivity index (χ4n) is 4.54. The number of benzene rings is 3. The number of amides is 1. The molecule has 0 saturated heterocycles. The zero-order valence-corrected chi connectivity index (χ0v) is 23.5. The van der Waals surface area contributed by atoms with Crippen molar-refractivity contribution in [3.8, 4) is 11.4 Å². The largest absolute Gasteiger partial charge is 0.497 e. The highest BCUT2D eigenvalue weighted by Crippen LogP contribution is 2.27. The molecule has 0 spiro atoms. The van der Waals surface area contributed by atoms with Crippen LogP contribution in [0.2, 0.25) is 0 Å². The molecule has 0 unspecified atom stereocenters. The van der Waals surface area contributed by atoms with Crippen molar-refractivity contribution in [2.45, 2.75) is 32.6 Å². The second-order valence-electron chi connectivity index (χ2n) is 9.22. The van der Waals surface area contributed by atoms with Crippen LogP contribution < -0.4 is 14.5 Å². The maximum atomic E-state index is 13.5. The lowest BCUT2D eigenvalue weighted by Crippen LogP contribution is -2.39. The number of hydrazone groups is 1. The topological polar surface area (TPSA) is 93.0 Å². The molecule has 4 rings (SSSR count). The number of hydrogen-bond acceptors (Lipinski definition) is 5. The number of para-hydroxylation sites is 1. The Kier molecular flexibility index (Phi) is 8.21. The van der Waals surface area contributed by atoms with E-state index in [1.165, 1.54) is 19.2 Å². The van der Waals surface area contributed by atoms with Gasteiger partial charge in [-0.05, 0) is 81.3 Å². The number of rotatable bonds is 9. The number of nitrogens with one attached hydrogen (secondary N) is 1. The second kappa shape index (κ2) is 11.6. The summed E-state index contributed by atoms with van der Waals surface area (Å²) in [6, 6.07) is 22.7. The predicted molar refractivity (Wildman–Crippen MR) is 154 cm³/mol. The molecule has 0 fully saturated rings. The molecule has 0 radical (unpaired) electrons. The van der Waals surface area contributed by atoms with Crippen molar-refractivity contribution >= 4 is 27.8 Å². The van der Waals surface area contributed by atoms with Crippen LogP contribution in [-0.2, 0) is 14.8 Å². The van der Waals surface area contributed by atoms with Crippen molar-refractivity contribution in [3.63, 3.8) is 0 Å². The van der Waals surface area contributed by atoms with Crippen molar-refractivity contribution in [2.75, 3.05) is 18.0 Å². The summed E-state index contributed by atoms with van der Waals surface area (Å²) < 4.78 is 35.3. The van der Waals surface area contributed by atoms with Gasteiger partial charge in [0.15, 0.2) is 0 Å². The number of aromatic nitrogens is 1. The van der Waals surface area contributed by atoms with Crippen LogP contribution in [0.15, 0.2) is 88.9 Å².